The second-order valence-corrected chi connectivity index (χ2v) is 3.63. The molecule has 0 radical (unpaired) electrons. The van der Waals surface area contributed by atoms with Crippen LogP contribution < -0.4 is 5.32 Å². The van der Waals surface area contributed by atoms with Crippen LogP contribution in [0.2, 0.25) is 0 Å². The molecule has 16 heavy (non-hydrogen) atoms. The lowest BCUT2D eigenvalue weighted by Crippen LogP contribution is -2.25. The van der Waals surface area contributed by atoms with Gasteiger partial charge in [0.1, 0.15) is 5.69 Å². The second kappa shape index (κ2) is 7.00. The highest BCUT2D eigenvalue weighted by Crippen LogP contribution is 2.02. The first-order chi connectivity index (χ1) is 7.77. The van der Waals surface area contributed by atoms with Gasteiger partial charge in [0.2, 0.25) is 0 Å². The predicted molar refractivity (Wildman–Crippen MR) is 61.4 cm³/mol. The average Bonchev–Trinajstić information content (AvgIpc) is 2.73. The monoisotopic (exact) mass is 225 g/mol. The maximum atomic E-state index is 11.6. The number of amides is 1. The van der Waals surface area contributed by atoms with Crippen molar-refractivity contribution in [3.05, 3.63) is 17.5 Å². The van der Waals surface area contributed by atoms with Crippen molar-refractivity contribution in [2.24, 2.45) is 0 Å². The van der Waals surface area contributed by atoms with Gasteiger partial charge in [0.25, 0.3) is 5.91 Å². The maximum absolute atomic E-state index is 11.6. The van der Waals surface area contributed by atoms with E-state index >= 15 is 0 Å². The van der Waals surface area contributed by atoms with Crippen LogP contribution in [-0.4, -0.2) is 36.4 Å². The van der Waals surface area contributed by atoms with Crippen molar-refractivity contribution in [2.45, 2.75) is 26.2 Å². The van der Waals surface area contributed by atoms with E-state index in [9.17, 15) is 4.79 Å². The molecule has 90 valence electrons. The number of hydrogen-bond donors (Lipinski definition) is 2. The van der Waals surface area contributed by atoms with Crippen LogP contribution in [0.15, 0.2) is 6.07 Å². The molecular formula is C11H19N3O2. The lowest BCUT2D eigenvalue weighted by atomic mass is 10.2. The van der Waals surface area contributed by atoms with Crippen LogP contribution in [0.1, 0.15) is 35.9 Å². The molecule has 1 amide bonds. The van der Waals surface area contributed by atoms with Crippen molar-refractivity contribution in [3.8, 4) is 0 Å². The van der Waals surface area contributed by atoms with Crippen LogP contribution in [-0.2, 0) is 11.2 Å². The van der Waals surface area contributed by atoms with Gasteiger partial charge in [-0.05, 0) is 18.9 Å². The lowest BCUT2D eigenvalue weighted by molar-refractivity contribution is 0.0943. The maximum Gasteiger partial charge on any atom is 0.271 e. The zero-order chi connectivity index (χ0) is 11.8. The Morgan fingerprint density at radius 2 is 2.44 bits per heavy atom. The summed E-state index contributed by atoms with van der Waals surface area (Å²) in [6.07, 6.45) is 2.77. The number of methoxy groups -OCH3 is 1. The van der Waals surface area contributed by atoms with Gasteiger partial charge in [0.05, 0.1) is 0 Å². The molecule has 0 fully saturated rings. The zero-order valence-corrected chi connectivity index (χ0v) is 9.88. The third-order valence-electron chi connectivity index (χ3n) is 2.19. The molecule has 0 aliphatic carbocycles. The Labute approximate surface area is 95.6 Å². The van der Waals surface area contributed by atoms with Gasteiger partial charge < -0.3 is 10.1 Å². The van der Waals surface area contributed by atoms with Crippen LogP contribution in [0.4, 0.5) is 0 Å². The van der Waals surface area contributed by atoms with E-state index < -0.39 is 0 Å². The first-order valence-electron chi connectivity index (χ1n) is 5.59. The number of nitrogens with zero attached hydrogens (tertiary/aromatic N) is 1. The number of carbonyl (C=O) groups excluding carboxylic acids is 1. The molecule has 2 N–H and O–H groups in total. The Hall–Kier alpha value is -1.36. The van der Waals surface area contributed by atoms with Gasteiger partial charge in [-0.15, -0.1) is 0 Å². The van der Waals surface area contributed by atoms with E-state index in [1.54, 1.807) is 13.2 Å². The highest BCUT2D eigenvalue weighted by molar-refractivity contribution is 5.92. The van der Waals surface area contributed by atoms with Gasteiger partial charge in [-0.25, -0.2) is 0 Å². The largest absolute Gasteiger partial charge is 0.385 e. The SMILES string of the molecule is CCCc1cc(C(=O)NCCCOC)n[nH]1. The van der Waals surface area contributed by atoms with Crippen LogP contribution in [0.25, 0.3) is 0 Å². The van der Waals surface area contributed by atoms with E-state index in [0.717, 1.165) is 25.0 Å². The molecule has 0 spiro atoms. The van der Waals surface area contributed by atoms with Crippen LogP contribution in [0, 0.1) is 0 Å². The van der Waals surface area contributed by atoms with Crippen LogP contribution >= 0.6 is 0 Å². The third-order valence-corrected chi connectivity index (χ3v) is 2.19. The lowest BCUT2D eigenvalue weighted by Gasteiger charge is -2.01. The van der Waals surface area contributed by atoms with E-state index in [2.05, 4.69) is 22.4 Å². The van der Waals surface area contributed by atoms with Crippen molar-refractivity contribution in [2.75, 3.05) is 20.3 Å². The summed E-state index contributed by atoms with van der Waals surface area (Å²) in [5, 5.41) is 9.61. The molecule has 1 rings (SSSR count). The number of carbonyl (C=O) groups is 1. The molecule has 0 aliphatic rings. The van der Waals surface area contributed by atoms with Crippen LogP contribution in [0.3, 0.4) is 0 Å². The van der Waals surface area contributed by atoms with Gasteiger partial charge in [0.15, 0.2) is 0 Å². The third kappa shape index (κ3) is 4.02. The molecule has 1 aromatic rings. The number of aromatic nitrogens is 2. The predicted octanol–water partition coefficient (Wildman–Crippen LogP) is 1.13. The zero-order valence-electron chi connectivity index (χ0n) is 9.88. The van der Waals surface area contributed by atoms with Gasteiger partial charge in [0, 0.05) is 26.0 Å². The Morgan fingerprint density at radius 1 is 1.62 bits per heavy atom. The Bertz CT molecular complexity index is 323. The van der Waals surface area contributed by atoms with E-state index in [-0.39, 0.29) is 5.91 Å². The van der Waals surface area contributed by atoms with Gasteiger partial charge in [-0.2, -0.15) is 5.10 Å². The van der Waals surface area contributed by atoms with E-state index in [1.807, 2.05) is 0 Å². The molecule has 0 saturated heterocycles. The van der Waals surface area contributed by atoms with E-state index in [1.165, 1.54) is 0 Å². The van der Waals surface area contributed by atoms with Crippen molar-refractivity contribution in [3.63, 3.8) is 0 Å². The molecule has 1 heterocycles. The van der Waals surface area contributed by atoms with Crippen LogP contribution in [0.5, 0.6) is 0 Å². The molecule has 0 atom stereocenters. The molecule has 0 aromatic carbocycles. The van der Waals surface area contributed by atoms with E-state index in [4.69, 9.17) is 4.74 Å². The van der Waals surface area contributed by atoms with Crippen molar-refractivity contribution < 1.29 is 9.53 Å². The highest BCUT2D eigenvalue weighted by atomic mass is 16.5. The molecule has 5 nitrogen and oxygen atoms in total. The number of rotatable bonds is 7. The number of nitrogens with one attached hydrogen (secondary N) is 2. The minimum atomic E-state index is -0.130. The topological polar surface area (TPSA) is 67.0 Å². The number of H-pyrrole nitrogens is 1. The quantitative estimate of drug-likeness (QED) is 0.683. The van der Waals surface area contributed by atoms with Crippen molar-refractivity contribution in [1.29, 1.82) is 0 Å². The summed E-state index contributed by atoms with van der Waals surface area (Å²) in [6.45, 7) is 3.36. The summed E-state index contributed by atoms with van der Waals surface area (Å²) in [6, 6.07) is 1.80. The summed E-state index contributed by atoms with van der Waals surface area (Å²) in [5.41, 5.74) is 1.46. The fourth-order valence-corrected chi connectivity index (χ4v) is 1.38. The normalized spacial score (nSPS) is 10.4. The first-order valence-corrected chi connectivity index (χ1v) is 5.59. The van der Waals surface area contributed by atoms with Gasteiger partial charge in [-0.3, -0.25) is 9.89 Å². The number of aromatic amines is 1. The van der Waals surface area contributed by atoms with E-state index in [0.29, 0.717) is 18.8 Å². The number of hydrogen-bond acceptors (Lipinski definition) is 3. The molecule has 0 bridgehead atoms. The molecule has 0 aliphatic heterocycles. The summed E-state index contributed by atoms with van der Waals surface area (Å²) in [4.78, 5) is 11.6. The number of aryl methyl sites for hydroxylation is 1. The number of ether oxygens (including phenoxy) is 1. The molecule has 0 unspecified atom stereocenters. The summed E-state index contributed by atoms with van der Waals surface area (Å²) < 4.78 is 4.89. The summed E-state index contributed by atoms with van der Waals surface area (Å²) in [7, 11) is 1.65. The second-order valence-electron chi connectivity index (χ2n) is 3.63. The molecule has 1 aromatic heterocycles. The fourth-order valence-electron chi connectivity index (χ4n) is 1.38. The molecular weight excluding hydrogens is 206 g/mol. The smallest absolute Gasteiger partial charge is 0.271 e. The Morgan fingerprint density at radius 3 is 3.12 bits per heavy atom. The first kappa shape index (κ1) is 12.7. The molecule has 5 heteroatoms. The van der Waals surface area contributed by atoms with Crippen molar-refractivity contribution >= 4 is 5.91 Å². The van der Waals surface area contributed by atoms with Gasteiger partial charge >= 0.3 is 0 Å². The summed E-state index contributed by atoms with van der Waals surface area (Å²) in [5.74, 6) is -0.130. The minimum absolute atomic E-state index is 0.130. The minimum Gasteiger partial charge on any atom is -0.385 e. The highest BCUT2D eigenvalue weighted by Gasteiger charge is 2.08. The molecule has 0 saturated carbocycles. The Kier molecular flexibility index (Phi) is 5.56. The van der Waals surface area contributed by atoms with Crippen molar-refractivity contribution in [1.82, 2.24) is 15.5 Å². The average molecular weight is 225 g/mol. The summed E-state index contributed by atoms with van der Waals surface area (Å²) >= 11 is 0. The fraction of sp³-hybridized carbons (Fsp3) is 0.636. The standard InChI is InChI=1S/C11H19N3O2/c1-3-5-9-8-10(14-13-9)11(15)12-6-4-7-16-2/h8H,3-7H2,1-2H3,(H,12,15)(H,13,14). The Balaban J connectivity index is 2.34. The van der Waals surface area contributed by atoms with Gasteiger partial charge in [-0.1, -0.05) is 13.3 Å².